The highest BCUT2D eigenvalue weighted by atomic mass is 16.5. The Labute approximate surface area is 109 Å². The minimum atomic E-state index is -1.43. The van der Waals surface area contributed by atoms with E-state index in [2.05, 4.69) is 6.92 Å². The summed E-state index contributed by atoms with van der Waals surface area (Å²) in [5, 5.41) is 18.2. The molecule has 1 rings (SSSR count). The lowest BCUT2D eigenvalue weighted by molar-refractivity contribution is 0.0980. The van der Waals surface area contributed by atoms with Crippen LogP contribution in [0.15, 0.2) is 18.2 Å². The molecule has 0 aromatic heterocycles. The topological polar surface area (TPSA) is 58.9 Å². The molecule has 0 amide bonds. The zero-order valence-corrected chi connectivity index (χ0v) is 11.1. The van der Waals surface area contributed by atoms with Gasteiger partial charge in [0, 0.05) is 6.61 Å². The molecule has 0 aliphatic rings. The Kier molecular flexibility index (Phi) is 6.79. The monoisotopic (exact) mass is 252 g/mol. The number of unbranched alkanes of at least 4 members (excludes halogenated alkanes) is 1. The zero-order valence-electron chi connectivity index (χ0n) is 11.1. The Morgan fingerprint density at radius 1 is 1.17 bits per heavy atom. The van der Waals surface area contributed by atoms with E-state index in [0.717, 1.165) is 30.8 Å². The van der Waals surface area contributed by atoms with Gasteiger partial charge in [0.1, 0.15) is 12.4 Å². The van der Waals surface area contributed by atoms with Crippen molar-refractivity contribution in [3.05, 3.63) is 23.8 Å². The van der Waals surface area contributed by atoms with Crippen LogP contribution in [0.4, 0.5) is 0 Å². The smallest absolute Gasteiger partial charge is 0.488 e. The number of ether oxygens (including phenoxy) is 2. The summed E-state index contributed by atoms with van der Waals surface area (Å²) in [6.07, 6.45) is 2.20. The van der Waals surface area contributed by atoms with Crippen molar-refractivity contribution in [2.24, 2.45) is 0 Å². The fraction of sp³-hybridized carbons (Fsp3) is 0.538. The normalized spacial score (nSPS) is 10.4. The molecule has 100 valence electrons. The van der Waals surface area contributed by atoms with Crippen LogP contribution in [-0.2, 0) is 4.74 Å². The van der Waals surface area contributed by atoms with Gasteiger partial charge < -0.3 is 19.5 Å². The molecule has 0 radical (unpaired) electrons. The van der Waals surface area contributed by atoms with Crippen LogP contribution in [0, 0.1) is 6.92 Å². The van der Waals surface area contributed by atoms with Crippen molar-refractivity contribution in [3.8, 4) is 5.75 Å². The Morgan fingerprint density at radius 2 is 1.94 bits per heavy atom. The van der Waals surface area contributed by atoms with E-state index in [1.54, 1.807) is 18.2 Å². The number of rotatable bonds is 8. The second-order valence-corrected chi connectivity index (χ2v) is 4.21. The lowest BCUT2D eigenvalue weighted by Crippen LogP contribution is -2.31. The van der Waals surface area contributed by atoms with Gasteiger partial charge in [-0.15, -0.1) is 0 Å². The summed E-state index contributed by atoms with van der Waals surface area (Å²) in [4.78, 5) is 0. The summed E-state index contributed by atoms with van der Waals surface area (Å²) in [6, 6.07) is 5.18. The Balaban J connectivity index is 2.33. The second-order valence-electron chi connectivity index (χ2n) is 4.21. The van der Waals surface area contributed by atoms with Crippen LogP contribution >= 0.6 is 0 Å². The molecule has 5 heteroatoms. The first-order valence-corrected chi connectivity index (χ1v) is 6.32. The number of hydrogen-bond acceptors (Lipinski definition) is 4. The van der Waals surface area contributed by atoms with Gasteiger partial charge in [0.2, 0.25) is 0 Å². The third kappa shape index (κ3) is 5.08. The molecular formula is C13H21BO4. The van der Waals surface area contributed by atoms with Crippen LogP contribution in [0.5, 0.6) is 5.75 Å². The molecule has 1 aromatic carbocycles. The molecule has 0 atom stereocenters. The van der Waals surface area contributed by atoms with Crippen LogP contribution in [0.25, 0.3) is 0 Å². The fourth-order valence-corrected chi connectivity index (χ4v) is 1.59. The van der Waals surface area contributed by atoms with Crippen LogP contribution in [0.2, 0.25) is 0 Å². The summed E-state index contributed by atoms with van der Waals surface area (Å²) in [7, 11) is -1.43. The summed E-state index contributed by atoms with van der Waals surface area (Å²) >= 11 is 0. The van der Waals surface area contributed by atoms with Crippen molar-refractivity contribution in [3.63, 3.8) is 0 Å². The highest BCUT2D eigenvalue weighted by molar-refractivity contribution is 6.59. The van der Waals surface area contributed by atoms with E-state index in [4.69, 9.17) is 19.5 Å². The second kappa shape index (κ2) is 8.13. The average molecular weight is 252 g/mol. The van der Waals surface area contributed by atoms with Gasteiger partial charge in [-0.25, -0.2) is 0 Å². The van der Waals surface area contributed by atoms with E-state index >= 15 is 0 Å². The molecular weight excluding hydrogens is 231 g/mol. The molecule has 0 aliphatic heterocycles. The van der Waals surface area contributed by atoms with Crippen molar-refractivity contribution < 1.29 is 19.5 Å². The molecule has 4 nitrogen and oxygen atoms in total. The third-order valence-corrected chi connectivity index (χ3v) is 2.66. The van der Waals surface area contributed by atoms with Gasteiger partial charge in [-0.05, 0) is 36.5 Å². The van der Waals surface area contributed by atoms with E-state index in [1.165, 1.54) is 0 Å². The first-order valence-electron chi connectivity index (χ1n) is 6.32. The van der Waals surface area contributed by atoms with Crippen molar-refractivity contribution >= 4 is 12.6 Å². The number of hydrogen-bond donors (Lipinski definition) is 2. The molecule has 18 heavy (non-hydrogen) atoms. The molecule has 0 bridgehead atoms. The molecule has 0 fully saturated rings. The largest absolute Gasteiger partial charge is 0.491 e. The Morgan fingerprint density at radius 3 is 2.56 bits per heavy atom. The maximum Gasteiger partial charge on any atom is 0.488 e. The first-order chi connectivity index (χ1) is 8.65. The van der Waals surface area contributed by atoms with Gasteiger partial charge in [-0.3, -0.25) is 0 Å². The summed E-state index contributed by atoms with van der Waals surface area (Å²) in [5.74, 6) is 0.719. The summed E-state index contributed by atoms with van der Waals surface area (Å²) in [5.41, 5.74) is 1.30. The highest BCUT2D eigenvalue weighted by Gasteiger charge is 2.13. The minimum absolute atomic E-state index is 0.501. The number of benzene rings is 1. The SMILES string of the molecule is CCCCOCCOc1ccc(B(O)O)c(C)c1. The zero-order chi connectivity index (χ0) is 13.4. The molecule has 0 saturated heterocycles. The molecule has 1 aromatic rings. The predicted octanol–water partition coefficient (Wildman–Crippen LogP) is 0.870. The van der Waals surface area contributed by atoms with E-state index in [9.17, 15) is 0 Å². The summed E-state index contributed by atoms with van der Waals surface area (Å²) < 4.78 is 10.9. The standard InChI is InChI=1S/C13H21BO4/c1-3-4-7-17-8-9-18-12-5-6-13(14(15)16)11(2)10-12/h5-6,10,15-16H,3-4,7-9H2,1-2H3. The first kappa shape index (κ1) is 15.0. The molecule has 0 unspecified atom stereocenters. The molecule has 0 heterocycles. The van der Waals surface area contributed by atoms with Gasteiger partial charge in [0.25, 0.3) is 0 Å². The van der Waals surface area contributed by atoms with Crippen molar-refractivity contribution in [1.82, 2.24) is 0 Å². The van der Waals surface area contributed by atoms with Crippen molar-refractivity contribution in [2.45, 2.75) is 26.7 Å². The fourth-order valence-electron chi connectivity index (χ4n) is 1.59. The van der Waals surface area contributed by atoms with E-state index in [1.807, 2.05) is 6.92 Å². The lowest BCUT2D eigenvalue weighted by Gasteiger charge is -2.10. The van der Waals surface area contributed by atoms with Crippen LogP contribution < -0.4 is 10.2 Å². The van der Waals surface area contributed by atoms with Crippen LogP contribution in [0.3, 0.4) is 0 Å². The lowest BCUT2D eigenvalue weighted by atomic mass is 9.77. The van der Waals surface area contributed by atoms with Crippen molar-refractivity contribution in [2.75, 3.05) is 19.8 Å². The highest BCUT2D eigenvalue weighted by Crippen LogP contribution is 2.11. The molecule has 0 aliphatic carbocycles. The van der Waals surface area contributed by atoms with Gasteiger partial charge in [0.15, 0.2) is 0 Å². The quantitative estimate of drug-likeness (QED) is 0.532. The van der Waals surface area contributed by atoms with Crippen LogP contribution in [0.1, 0.15) is 25.3 Å². The van der Waals surface area contributed by atoms with Gasteiger partial charge >= 0.3 is 7.12 Å². The average Bonchev–Trinajstić information content (AvgIpc) is 2.33. The number of aryl methyl sites for hydroxylation is 1. The van der Waals surface area contributed by atoms with E-state index < -0.39 is 7.12 Å². The van der Waals surface area contributed by atoms with Gasteiger partial charge in [-0.2, -0.15) is 0 Å². The Hall–Kier alpha value is -1.04. The maximum absolute atomic E-state index is 9.09. The third-order valence-electron chi connectivity index (χ3n) is 2.66. The minimum Gasteiger partial charge on any atom is -0.491 e. The molecule has 0 spiro atoms. The van der Waals surface area contributed by atoms with Gasteiger partial charge in [0.05, 0.1) is 6.61 Å². The van der Waals surface area contributed by atoms with Gasteiger partial charge in [-0.1, -0.05) is 19.4 Å². The van der Waals surface area contributed by atoms with E-state index in [0.29, 0.717) is 18.7 Å². The van der Waals surface area contributed by atoms with Crippen molar-refractivity contribution in [1.29, 1.82) is 0 Å². The molecule has 2 N–H and O–H groups in total. The Bertz CT molecular complexity index is 355. The predicted molar refractivity (Wildman–Crippen MR) is 72.2 cm³/mol. The summed E-state index contributed by atoms with van der Waals surface area (Å²) in [6.45, 7) is 5.79. The van der Waals surface area contributed by atoms with Crippen LogP contribution in [-0.4, -0.2) is 37.0 Å². The maximum atomic E-state index is 9.09. The van der Waals surface area contributed by atoms with E-state index in [-0.39, 0.29) is 0 Å². The molecule has 0 saturated carbocycles.